The summed E-state index contributed by atoms with van der Waals surface area (Å²) in [6.07, 6.45) is 7.70. The highest BCUT2D eigenvalue weighted by molar-refractivity contribution is 5.94. The van der Waals surface area contributed by atoms with Gasteiger partial charge in [-0.15, -0.1) is 12.3 Å². The summed E-state index contributed by atoms with van der Waals surface area (Å²) in [4.78, 5) is 49.4. The Kier molecular flexibility index (Phi) is 11.6. The van der Waals surface area contributed by atoms with Gasteiger partial charge in [-0.05, 0) is 31.2 Å². The number of nitrogens with one attached hydrogen (secondary N) is 3. The maximum atomic E-state index is 13.1. The fourth-order valence-electron chi connectivity index (χ4n) is 3.00. The van der Waals surface area contributed by atoms with E-state index in [0.29, 0.717) is 12.8 Å². The first-order valence-corrected chi connectivity index (χ1v) is 10.8. The Morgan fingerprint density at radius 1 is 0.969 bits per heavy atom. The summed E-state index contributed by atoms with van der Waals surface area (Å²) in [6, 6.07) is 6.66. The molecule has 4 amide bonds. The smallest absolute Gasteiger partial charge is 0.243 e. The Morgan fingerprint density at radius 2 is 1.62 bits per heavy atom. The van der Waals surface area contributed by atoms with Gasteiger partial charge in [-0.1, -0.05) is 44.2 Å². The van der Waals surface area contributed by atoms with Crippen LogP contribution < -0.4 is 21.7 Å². The standard InChI is InChI=1S/C24H34N4O4/c1-5-6-7-11-14-20(29)27-19(15-18-12-9-8-10-13-18)23(31)28-21(16(2)3)24(32)26-17(4)22(25)30/h1,8-10,12-13,16-17,19,21H,6-7,11,14-15H2,2-4H3,(H2,25,30)(H,26,32)(H,27,29)(H,28,31)/t17-,19-,21-/m0/s1. The molecule has 0 heterocycles. The Morgan fingerprint density at radius 3 is 2.19 bits per heavy atom. The molecule has 0 aromatic heterocycles. The van der Waals surface area contributed by atoms with Crippen LogP contribution in [0.15, 0.2) is 30.3 Å². The molecule has 8 heteroatoms. The Bertz CT molecular complexity index is 817. The molecule has 0 aliphatic carbocycles. The molecule has 0 radical (unpaired) electrons. The van der Waals surface area contributed by atoms with Crippen molar-refractivity contribution in [2.24, 2.45) is 11.7 Å². The van der Waals surface area contributed by atoms with Crippen LogP contribution in [0.2, 0.25) is 0 Å². The lowest BCUT2D eigenvalue weighted by Crippen LogP contribution is -2.57. The summed E-state index contributed by atoms with van der Waals surface area (Å²) in [6.45, 7) is 5.02. The number of terminal acetylenes is 1. The molecule has 1 rings (SSSR count). The molecule has 1 aromatic rings. The SMILES string of the molecule is C#CCCCCC(=O)N[C@@H](Cc1ccccc1)C(=O)N[C@H](C(=O)N[C@@H](C)C(N)=O)C(C)C. The third-order valence-corrected chi connectivity index (χ3v) is 4.94. The number of benzene rings is 1. The molecule has 1 aromatic carbocycles. The highest BCUT2D eigenvalue weighted by atomic mass is 16.2. The van der Waals surface area contributed by atoms with Gasteiger partial charge in [0.25, 0.3) is 0 Å². The molecule has 0 aliphatic rings. The molecule has 5 N–H and O–H groups in total. The topological polar surface area (TPSA) is 130 Å². The molecule has 0 aliphatic heterocycles. The molecule has 0 saturated carbocycles. The van der Waals surface area contributed by atoms with E-state index in [-0.39, 0.29) is 24.7 Å². The molecule has 3 atom stereocenters. The van der Waals surface area contributed by atoms with Gasteiger partial charge >= 0.3 is 0 Å². The second-order valence-electron chi connectivity index (χ2n) is 8.08. The van der Waals surface area contributed by atoms with Crippen LogP contribution in [0.25, 0.3) is 0 Å². The number of nitrogens with two attached hydrogens (primary N) is 1. The average molecular weight is 443 g/mol. The van der Waals surface area contributed by atoms with E-state index < -0.39 is 35.8 Å². The molecular formula is C24H34N4O4. The average Bonchev–Trinajstić information content (AvgIpc) is 2.74. The first-order valence-electron chi connectivity index (χ1n) is 10.8. The Hall–Kier alpha value is -3.34. The van der Waals surface area contributed by atoms with Gasteiger partial charge in [-0.3, -0.25) is 19.2 Å². The van der Waals surface area contributed by atoms with E-state index in [2.05, 4.69) is 21.9 Å². The van der Waals surface area contributed by atoms with Crippen LogP contribution in [0.5, 0.6) is 0 Å². The van der Waals surface area contributed by atoms with Gasteiger partial charge in [0.1, 0.15) is 18.1 Å². The first kappa shape index (κ1) is 26.7. The lowest BCUT2D eigenvalue weighted by atomic mass is 10.0. The maximum absolute atomic E-state index is 13.1. The van der Waals surface area contributed by atoms with Gasteiger partial charge in [0.05, 0.1) is 0 Å². The van der Waals surface area contributed by atoms with Crippen molar-refractivity contribution >= 4 is 23.6 Å². The van der Waals surface area contributed by atoms with Crippen molar-refractivity contribution in [2.45, 2.75) is 71.0 Å². The van der Waals surface area contributed by atoms with E-state index in [9.17, 15) is 19.2 Å². The molecule has 0 spiro atoms. The van der Waals surface area contributed by atoms with E-state index in [1.54, 1.807) is 13.8 Å². The van der Waals surface area contributed by atoms with Gasteiger partial charge in [-0.25, -0.2) is 0 Å². The van der Waals surface area contributed by atoms with Crippen molar-refractivity contribution in [1.29, 1.82) is 0 Å². The van der Waals surface area contributed by atoms with Crippen LogP contribution in [0.4, 0.5) is 0 Å². The summed E-state index contributed by atoms with van der Waals surface area (Å²) in [5, 5.41) is 8.00. The predicted octanol–water partition coefficient (Wildman–Crippen LogP) is 1.04. The lowest BCUT2D eigenvalue weighted by Gasteiger charge is -2.26. The second-order valence-corrected chi connectivity index (χ2v) is 8.08. The van der Waals surface area contributed by atoms with Gasteiger partial charge in [0.2, 0.25) is 23.6 Å². The van der Waals surface area contributed by atoms with E-state index in [4.69, 9.17) is 12.2 Å². The van der Waals surface area contributed by atoms with E-state index in [1.807, 2.05) is 30.3 Å². The normalized spacial score (nSPS) is 13.3. The number of carbonyl (C=O) groups excluding carboxylic acids is 4. The first-order chi connectivity index (χ1) is 15.1. The molecule has 8 nitrogen and oxygen atoms in total. The monoisotopic (exact) mass is 442 g/mol. The number of hydrogen-bond donors (Lipinski definition) is 4. The number of carbonyl (C=O) groups is 4. The van der Waals surface area contributed by atoms with E-state index in [1.165, 1.54) is 6.92 Å². The minimum atomic E-state index is -0.893. The van der Waals surface area contributed by atoms with Gasteiger partial charge in [-0.2, -0.15) is 0 Å². The van der Waals surface area contributed by atoms with Crippen LogP contribution >= 0.6 is 0 Å². The summed E-state index contributed by atoms with van der Waals surface area (Å²) >= 11 is 0. The predicted molar refractivity (Wildman–Crippen MR) is 123 cm³/mol. The summed E-state index contributed by atoms with van der Waals surface area (Å²) in [5.41, 5.74) is 6.08. The van der Waals surface area contributed by atoms with Crippen LogP contribution in [0, 0.1) is 18.3 Å². The Balaban J connectivity index is 2.91. The third kappa shape index (κ3) is 9.65. The van der Waals surface area contributed by atoms with Gasteiger partial charge in [0, 0.05) is 19.3 Å². The summed E-state index contributed by atoms with van der Waals surface area (Å²) in [5.74, 6) is 0.351. The number of rotatable bonds is 13. The van der Waals surface area contributed by atoms with Crippen LogP contribution in [-0.2, 0) is 25.6 Å². The van der Waals surface area contributed by atoms with Crippen molar-refractivity contribution in [1.82, 2.24) is 16.0 Å². The minimum absolute atomic E-state index is 0.254. The molecule has 174 valence electrons. The maximum Gasteiger partial charge on any atom is 0.243 e. The van der Waals surface area contributed by atoms with Crippen molar-refractivity contribution < 1.29 is 19.2 Å². The lowest BCUT2D eigenvalue weighted by molar-refractivity contribution is -0.134. The zero-order chi connectivity index (χ0) is 24.1. The quantitative estimate of drug-likeness (QED) is 0.269. The van der Waals surface area contributed by atoms with Crippen LogP contribution in [0.3, 0.4) is 0 Å². The molecule has 0 saturated heterocycles. The van der Waals surface area contributed by atoms with Gasteiger partial charge in [0.15, 0.2) is 0 Å². The second kappa shape index (κ2) is 13.9. The summed E-state index contributed by atoms with van der Waals surface area (Å²) < 4.78 is 0. The van der Waals surface area contributed by atoms with Crippen molar-refractivity contribution in [3.8, 4) is 12.3 Å². The van der Waals surface area contributed by atoms with Gasteiger partial charge < -0.3 is 21.7 Å². The molecule has 0 bridgehead atoms. The van der Waals surface area contributed by atoms with Crippen LogP contribution in [0.1, 0.15) is 52.0 Å². The number of unbranched alkanes of at least 4 members (excludes halogenated alkanes) is 2. The van der Waals surface area contributed by atoms with Crippen molar-refractivity contribution in [3.63, 3.8) is 0 Å². The highest BCUT2D eigenvalue weighted by Crippen LogP contribution is 2.08. The minimum Gasteiger partial charge on any atom is -0.368 e. The largest absolute Gasteiger partial charge is 0.368 e. The molecule has 0 fully saturated rings. The fraction of sp³-hybridized carbons (Fsp3) is 0.500. The molecular weight excluding hydrogens is 408 g/mol. The van der Waals surface area contributed by atoms with Crippen molar-refractivity contribution in [3.05, 3.63) is 35.9 Å². The van der Waals surface area contributed by atoms with Crippen molar-refractivity contribution in [2.75, 3.05) is 0 Å². The molecule has 32 heavy (non-hydrogen) atoms. The molecule has 0 unspecified atom stereocenters. The van der Waals surface area contributed by atoms with Crippen LogP contribution in [-0.4, -0.2) is 41.8 Å². The highest BCUT2D eigenvalue weighted by Gasteiger charge is 2.30. The summed E-state index contributed by atoms with van der Waals surface area (Å²) in [7, 11) is 0. The number of hydrogen-bond acceptors (Lipinski definition) is 4. The number of amides is 4. The van der Waals surface area contributed by atoms with E-state index >= 15 is 0 Å². The fourth-order valence-corrected chi connectivity index (χ4v) is 3.00. The Labute approximate surface area is 190 Å². The zero-order valence-corrected chi connectivity index (χ0v) is 19.0. The number of primary amides is 1. The van der Waals surface area contributed by atoms with E-state index in [0.717, 1.165) is 12.0 Å². The zero-order valence-electron chi connectivity index (χ0n) is 19.0. The third-order valence-electron chi connectivity index (χ3n) is 4.94.